The molecule has 1 rings (SSSR count). The molecule has 0 aromatic carbocycles. The second-order valence-electron chi connectivity index (χ2n) is 2.93. The Morgan fingerprint density at radius 1 is 1.58 bits per heavy atom. The van der Waals surface area contributed by atoms with E-state index in [1.54, 1.807) is 0 Å². The Morgan fingerprint density at radius 2 is 2.25 bits per heavy atom. The van der Waals surface area contributed by atoms with Crippen LogP contribution in [0.3, 0.4) is 0 Å². The van der Waals surface area contributed by atoms with Crippen molar-refractivity contribution in [2.24, 2.45) is 5.73 Å². The number of hydrogen-bond acceptors (Lipinski definition) is 5. The number of aromatic nitrogens is 2. The molecule has 1 aromatic rings. The molecule has 0 aliphatic carbocycles. The van der Waals surface area contributed by atoms with Gasteiger partial charge in [0, 0.05) is 5.92 Å². The molecule has 1 heterocycles. The van der Waals surface area contributed by atoms with Crippen LogP contribution in [-0.4, -0.2) is 21.9 Å². The average Bonchev–Trinajstić information content (AvgIpc) is 2.51. The molecule has 3 N–H and O–H groups in total. The number of rotatable bonds is 3. The molecule has 0 amide bonds. The van der Waals surface area contributed by atoms with Crippen LogP contribution in [0.2, 0.25) is 0 Å². The third kappa shape index (κ3) is 1.80. The third-order valence-electron chi connectivity index (χ3n) is 1.49. The molecule has 0 saturated heterocycles. The molecule has 1 unspecified atom stereocenters. The third-order valence-corrected chi connectivity index (χ3v) is 1.49. The van der Waals surface area contributed by atoms with E-state index in [-0.39, 0.29) is 12.5 Å². The molecule has 0 spiro atoms. The molecular formula is C7H13N3O2. The van der Waals surface area contributed by atoms with E-state index in [0.717, 1.165) is 0 Å². The molecule has 0 fully saturated rings. The molecular weight excluding hydrogens is 158 g/mol. The molecule has 0 aliphatic rings. The van der Waals surface area contributed by atoms with Gasteiger partial charge in [-0.2, -0.15) is 4.98 Å². The van der Waals surface area contributed by atoms with Crippen LogP contribution in [-0.2, 0) is 0 Å². The second kappa shape index (κ2) is 3.64. The lowest BCUT2D eigenvalue weighted by Crippen LogP contribution is -2.14. The minimum absolute atomic E-state index is 0.181. The smallest absolute Gasteiger partial charge is 0.245 e. The summed E-state index contributed by atoms with van der Waals surface area (Å²) < 4.78 is 4.83. The molecule has 68 valence electrons. The van der Waals surface area contributed by atoms with Crippen molar-refractivity contribution in [2.75, 3.05) is 6.61 Å². The topological polar surface area (TPSA) is 85.2 Å². The van der Waals surface area contributed by atoms with Crippen LogP contribution < -0.4 is 5.73 Å². The van der Waals surface area contributed by atoms with Crippen molar-refractivity contribution < 1.29 is 9.63 Å². The highest BCUT2D eigenvalue weighted by Gasteiger charge is 2.14. The zero-order chi connectivity index (χ0) is 9.14. The first kappa shape index (κ1) is 9.15. The Hall–Kier alpha value is -0.940. The summed E-state index contributed by atoms with van der Waals surface area (Å²) >= 11 is 0. The van der Waals surface area contributed by atoms with Crippen molar-refractivity contribution in [1.29, 1.82) is 0 Å². The molecule has 0 bridgehead atoms. The summed E-state index contributed by atoms with van der Waals surface area (Å²) in [5.41, 5.74) is 5.46. The average molecular weight is 171 g/mol. The van der Waals surface area contributed by atoms with Crippen LogP contribution in [0.5, 0.6) is 0 Å². The summed E-state index contributed by atoms with van der Waals surface area (Å²) in [5, 5.41) is 12.4. The molecule has 12 heavy (non-hydrogen) atoms. The zero-order valence-electron chi connectivity index (χ0n) is 7.19. The van der Waals surface area contributed by atoms with Gasteiger partial charge in [-0.05, 0) is 0 Å². The minimum atomic E-state index is -0.565. The first-order valence-electron chi connectivity index (χ1n) is 3.85. The van der Waals surface area contributed by atoms with Gasteiger partial charge < -0.3 is 15.4 Å². The van der Waals surface area contributed by atoms with Crippen molar-refractivity contribution in [3.63, 3.8) is 0 Å². The Kier molecular flexibility index (Phi) is 2.78. The summed E-state index contributed by atoms with van der Waals surface area (Å²) in [5.74, 6) is 1.13. The maximum Gasteiger partial charge on any atom is 0.245 e. The molecule has 5 heteroatoms. The van der Waals surface area contributed by atoms with E-state index in [0.29, 0.717) is 11.7 Å². The van der Waals surface area contributed by atoms with E-state index in [1.807, 2.05) is 13.8 Å². The molecule has 0 aliphatic heterocycles. The Labute approximate surface area is 70.6 Å². The van der Waals surface area contributed by atoms with Crippen LogP contribution >= 0.6 is 0 Å². The summed E-state index contributed by atoms with van der Waals surface area (Å²) in [4.78, 5) is 4.02. The molecule has 1 atom stereocenters. The zero-order valence-corrected chi connectivity index (χ0v) is 7.19. The molecule has 5 nitrogen and oxygen atoms in total. The standard InChI is InChI=1S/C7H13N3O2/c1-4(2)6-9-7(12-10-6)5(8)3-11/h4-5,11H,3,8H2,1-2H3. The van der Waals surface area contributed by atoms with Gasteiger partial charge in [0.05, 0.1) is 6.61 Å². The van der Waals surface area contributed by atoms with E-state index >= 15 is 0 Å². The summed E-state index contributed by atoms with van der Waals surface area (Å²) in [7, 11) is 0. The summed E-state index contributed by atoms with van der Waals surface area (Å²) in [6.07, 6.45) is 0. The van der Waals surface area contributed by atoms with Crippen LogP contribution in [0.25, 0.3) is 0 Å². The van der Waals surface area contributed by atoms with Crippen LogP contribution in [0.15, 0.2) is 4.52 Å². The summed E-state index contributed by atoms with van der Waals surface area (Å²) in [6, 6.07) is -0.565. The van der Waals surface area contributed by atoms with Gasteiger partial charge in [0.15, 0.2) is 5.82 Å². The highest BCUT2D eigenvalue weighted by molar-refractivity contribution is 4.95. The largest absolute Gasteiger partial charge is 0.394 e. The van der Waals surface area contributed by atoms with Crippen LogP contribution in [0.1, 0.15) is 37.5 Å². The van der Waals surface area contributed by atoms with Gasteiger partial charge in [0.2, 0.25) is 5.89 Å². The Morgan fingerprint density at radius 3 is 2.67 bits per heavy atom. The first-order valence-corrected chi connectivity index (χ1v) is 3.85. The van der Waals surface area contributed by atoms with Gasteiger partial charge in [-0.1, -0.05) is 19.0 Å². The van der Waals surface area contributed by atoms with E-state index in [2.05, 4.69) is 10.1 Å². The van der Waals surface area contributed by atoms with Gasteiger partial charge in [-0.3, -0.25) is 0 Å². The fraction of sp³-hybridized carbons (Fsp3) is 0.714. The highest BCUT2D eigenvalue weighted by atomic mass is 16.5. The minimum Gasteiger partial charge on any atom is -0.394 e. The van der Waals surface area contributed by atoms with Gasteiger partial charge >= 0.3 is 0 Å². The van der Waals surface area contributed by atoms with E-state index < -0.39 is 6.04 Å². The first-order chi connectivity index (χ1) is 5.65. The molecule has 0 radical (unpaired) electrons. The Bertz CT molecular complexity index is 247. The van der Waals surface area contributed by atoms with E-state index in [4.69, 9.17) is 15.4 Å². The van der Waals surface area contributed by atoms with Crippen LogP contribution in [0, 0.1) is 0 Å². The summed E-state index contributed by atoms with van der Waals surface area (Å²) in [6.45, 7) is 3.73. The highest BCUT2D eigenvalue weighted by Crippen LogP contribution is 2.12. The normalized spacial score (nSPS) is 13.8. The maximum absolute atomic E-state index is 8.68. The Balaban J connectivity index is 2.77. The fourth-order valence-corrected chi connectivity index (χ4v) is 0.710. The number of hydrogen-bond donors (Lipinski definition) is 2. The number of nitrogens with two attached hydrogens (primary N) is 1. The van der Waals surface area contributed by atoms with Crippen molar-refractivity contribution in [1.82, 2.24) is 10.1 Å². The van der Waals surface area contributed by atoms with Crippen molar-refractivity contribution >= 4 is 0 Å². The van der Waals surface area contributed by atoms with Gasteiger partial charge in [-0.25, -0.2) is 0 Å². The maximum atomic E-state index is 8.68. The van der Waals surface area contributed by atoms with E-state index in [9.17, 15) is 0 Å². The van der Waals surface area contributed by atoms with Crippen molar-refractivity contribution in [3.8, 4) is 0 Å². The van der Waals surface area contributed by atoms with Crippen LogP contribution in [0.4, 0.5) is 0 Å². The van der Waals surface area contributed by atoms with Gasteiger partial charge in [0.1, 0.15) is 6.04 Å². The quantitative estimate of drug-likeness (QED) is 0.677. The molecule has 1 aromatic heterocycles. The van der Waals surface area contributed by atoms with E-state index in [1.165, 1.54) is 0 Å². The predicted molar refractivity (Wildman–Crippen MR) is 42.4 cm³/mol. The van der Waals surface area contributed by atoms with Crippen molar-refractivity contribution in [3.05, 3.63) is 11.7 Å². The predicted octanol–water partition coefficient (Wildman–Crippen LogP) is 0.185. The number of nitrogens with zero attached hydrogens (tertiary/aromatic N) is 2. The van der Waals surface area contributed by atoms with Crippen molar-refractivity contribution in [2.45, 2.75) is 25.8 Å². The lowest BCUT2D eigenvalue weighted by atomic mass is 10.2. The SMILES string of the molecule is CC(C)c1noc(C(N)CO)n1. The number of aliphatic hydroxyl groups is 1. The van der Waals surface area contributed by atoms with Gasteiger partial charge in [-0.15, -0.1) is 0 Å². The second-order valence-corrected chi connectivity index (χ2v) is 2.93. The molecule has 0 saturated carbocycles. The fourth-order valence-electron chi connectivity index (χ4n) is 0.710. The number of aliphatic hydroxyl groups excluding tert-OH is 1. The lowest BCUT2D eigenvalue weighted by Gasteiger charge is -1.98. The lowest BCUT2D eigenvalue weighted by molar-refractivity contribution is 0.236. The van der Waals surface area contributed by atoms with Gasteiger partial charge in [0.25, 0.3) is 0 Å². The monoisotopic (exact) mass is 171 g/mol.